The van der Waals surface area contributed by atoms with Crippen LogP contribution in [0.15, 0.2) is 59.2 Å². The van der Waals surface area contributed by atoms with Gasteiger partial charge in [-0.05, 0) is 58.7 Å². The summed E-state index contributed by atoms with van der Waals surface area (Å²) < 4.78 is 13.7. The molecule has 0 amide bonds. The molecule has 1 aliphatic rings. The first-order valence-corrected chi connectivity index (χ1v) is 9.99. The predicted molar refractivity (Wildman–Crippen MR) is 110 cm³/mol. The number of rotatable bonds is 5. The molecule has 6 heteroatoms. The van der Waals surface area contributed by atoms with Crippen LogP contribution in [0.3, 0.4) is 0 Å². The molecule has 0 bridgehead atoms. The summed E-state index contributed by atoms with van der Waals surface area (Å²) in [5.41, 5.74) is 1.70. The van der Waals surface area contributed by atoms with E-state index in [1.54, 1.807) is 24.3 Å². The Morgan fingerprint density at radius 2 is 2.00 bits per heavy atom. The van der Waals surface area contributed by atoms with Crippen molar-refractivity contribution in [3.05, 3.63) is 81.2 Å². The van der Waals surface area contributed by atoms with Gasteiger partial charge in [0, 0.05) is 59.6 Å². The fourth-order valence-electron chi connectivity index (χ4n) is 3.20. The van der Waals surface area contributed by atoms with Gasteiger partial charge < -0.3 is 4.90 Å². The molecule has 1 atom stereocenters. The topological polar surface area (TPSA) is 23.6 Å². The maximum Gasteiger partial charge on any atom is 0.188 e. The molecule has 142 valence electrons. The molecule has 0 aromatic heterocycles. The summed E-state index contributed by atoms with van der Waals surface area (Å²) in [4.78, 5) is 17.0. The number of allylic oxidation sites excluding steroid dienone is 1. The third-order valence-electron chi connectivity index (χ3n) is 4.70. The molecule has 0 aliphatic carbocycles. The molecule has 0 saturated carbocycles. The van der Waals surface area contributed by atoms with Gasteiger partial charge in [-0.25, -0.2) is 4.39 Å². The molecule has 0 radical (unpaired) electrons. The quantitative estimate of drug-likeness (QED) is 0.464. The van der Waals surface area contributed by atoms with Gasteiger partial charge in [-0.1, -0.05) is 23.7 Å². The van der Waals surface area contributed by atoms with Gasteiger partial charge in [-0.2, -0.15) is 0 Å². The minimum absolute atomic E-state index is 0.0560. The van der Waals surface area contributed by atoms with E-state index in [9.17, 15) is 9.18 Å². The van der Waals surface area contributed by atoms with Gasteiger partial charge in [0.2, 0.25) is 0 Å². The van der Waals surface area contributed by atoms with Gasteiger partial charge in [-0.15, -0.1) is 0 Å². The Morgan fingerprint density at radius 3 is 2.67 bits per heavy atom. The van der Waals surface area contributed by atoms with Gasteiger partial charge in [0.15, 0.2) is 5.78 Å². The first-order chi connectivity index (χ1) is 12.9. The lowest BCUT2D eigenvalue weighted by molar-refractivity contribution is 0.102. The average molecular weight is 452 g/mol. The Labute approximate surface area is 172 Å². The zero-order chi connectivity index (χ0) is 19.4. The standard InChI is InChI=1S/C21H21BrClFN2O/c1-15-13-25(14-16-2-5-18(24)6-3-16)10-11-26(15)9-8-21(27)19-7-4-17(23)12-20(19)22/h2-9,12,15H,10-11,13-14H2,1H3/b9-8+/t15-/m1/s1. The minimum Gasteiger partial charge on any atom is -0.372 e. The second kappa shape index (κ2) is 9.00. The molecule has 3 nitrogen and oxygen atoms in total. The molecule has 0 unspecified atom stereocenters. The molecule has 0 N–H and O–H groups in total. The highest BCUT2D eigenvalue weighted by Gasteiger charge is 2.21. The highest BCUT2D eigenvalue weighted by atomic mass is 79.9. The first kappa shape index (κ1) is 20.1. The third-order valence-corrected chi connectivity index (χ3v) is 5.59. The van der Waals surface area contributed by atoms with Crippen LogP contribution in [0.4, 0.5) is 4.39 Å². The molecular weight excluding hydrogens is 431 g/mol. The van der Waals surface area contributed by atoms with Crippen LogP contribution in [0.2, 0.25) is 5.02 Å². The smallest absolute Gasteiger partial charge is 0.188 e. The molecule has 2 aromatic carbocycles. The molecule has 2 aromatic rings. The van der Waals surface area contributed by atoms with Gasteiger partial charge in [0.1, 0.15) is 5.82 Å². The number of piperazine rings is 1. The average Bonchev–Trinajstić information content (AvgIpc) is 2.63. The summed E-state index contributed by atoms with van der Waals surface area (Å²) in [6.45, 7) is 5.57. The second-order valence-corrected chi connectivity index (χ2v) is 8.04. The minimum atomic E-state index is -0.209. The second-order valence-electron chi connectivity index (χ2n) is 6.75. The van der Waals surface area contributed by atoms with Crippen LogP contribution in [-0.2, 0) is 6.54 Å². The Morgan fingerprint density at radius 1 is 1.26 bits per heavy atom. The molecule has 1 heterocycles. The van der Waals surface area contributed by atoms with Crippen molar-refractivity contribution in [2.75, 3.05) is 19.6 Å². The highest BCUT2D eigenvalue weighted by Crippen LogP contribution is 2.22. The van der Waals surface area contributed by atoms with Crippen molar-refractivity contribution < 1.29 is 9.18 Å². The van der Waals surface area contributed by atoms with E-state index in [-0.39, 0.29) is 17.6 Å². The maximum atomic E-state index is 13.0. The maximum absolute atomic E-state index is 13.0. The van der Waals surface area contributed by atoms with Crippen LogP contribution < -0.4 is 0 Å². The van der Waals surface area contributed by atoms with Crippen molar-refractivity contribution in [2.24, 2.45) is 0 Å². The normalized spacial score (nSPS) is 18.2. The van der Waals surface area contributed by atoms with E-state index >= 15 is 0 Å². The molecule has 1 fully saturated rings. The van der Waals surface area contributed by atoms with E-state index in [0.29, 0.717) is 15.1 Å². The predicted octanol–water partition coefficient (Wildman–Crippen LogP) is 5.14. The number of nitrogens with zero attached hydrogens (tertiary/aromatic N) is 2. The monoisotopic (exact) mass is 450 g/mol. The van der Waals surface area contributed by atoms with Crippen molar-refractivity contribution in [3.63, 3.8) is 0 Å². The SMILES string of the molecule is C[C@@H]1CN(Cc2ccc(F)cc2)CCN1/C=C/C(=O)c1ccc(Cl)cc1Br. The number of carbonyl (C=O) groups is 1. The third kappa shape index (κ3) is 5.41. The van der Waals surface area contributed by atoms with Crippen LogP contribution in [0.5, 0.6) is 0 Å². The number of ketones is 1. The van der Waals surface area contributed by atoms with Gasteiger partial charge in [-0.3, -0.25) is 9.69 Å². The van der Waals surface area contributed by atoms with E-state index in [1.807, 2.05) is 18.3 Å². The summed E-state index contributed by atoms with van der Waals surface area (Å²) >= 11 is 9.31. The highest BCUT2D eigenvalue weighted by molar-refractivity contribution is 9.10. The Hall–Kier alpha value is -1.69. The van der Waals surface area contributed by atoms with Crippen LogP contribution in [0.1, 0.15) is 22.8 Å². The summed E-state index contributed by atoms with van der Waals surface area (Å²) in [5, 5.41) is 0.591. The van der Waals surface area contributed by atoms with Crippen LogP contribution in [0, 0.1) is 5.82 Å². The van der Waals surface area contributed by atoms with E-state index in [1.165, 1.54) is 12.1 Å². The Bertz CT molecular complexity index is 841. The van der Waals surface area contributed by atoms with Gasteiger partial charge in [0.05, 0.1) is 0 Å². The largest absolute Gasteiger partial charge is 0.372 e. The number of benzene rings is 2. The van der Waals surface area contributed by atoms with Crippen molar-refractivity contribution >= 4 is 33.3 Å². The number of halogens is 3. The summed E-state index contributed by atoms with van der Waals surface area (Å²) in [7, 11) is 0. The van der Waals surface area contributed by atoms with Crippen molar-refractivity contribution in [3.8, 4) is 0 Å². The molecule has 3 rings (SSSR count). The van der Waals surface area contributed by atoms with Gasteiger partial charge in [0.25, 0.3) is 0 Å². The lowest BCUT2D eigenvalue weighted by Gasteiger charge is -2.39. The Balaban J connectivity index is 1.57. The van der Waals surface area contributed by atoms with E-state index < -0.39 is 0 Å². The van der Waals surface area contributed by atoms with Crippen LogP contribution >= 0.6 is 27.5 Å². The van der Waals surface area contributed by atoms with Crippen LogP contribution in [0.25, 0.3) is 0 Å². The Kier molecular flexibility index (Phi) is 6.68. The zero-order valence-corrected chi connectivity index (χ0v) is 17.4. The fourth-order valence-corrected chi connectivity index (χ4v) is 4.08. The van der Waals surface area contributed by atoms with Crippen molar-refractivity contribution in [1.82, 2.24) is 9.80 Å². The summed E-state index contributed by atoms with van der Waals surface area (Å²) in [5.74, 6) is -0.265. The number of carbonyl (C=O) groups excluding carboxylic acids is 1. The lowest BCUT2D eigenvalue weighted by atomic mass is 10.1. The number of hydrogen-bond donors (Lipinski definition) is 0. The van der Waals surface area contributed by atoms with Crippen molar-refractivity contribution in [1.29, 1.82) is 0 Å². The number of hydrogen-bond acceptors (Lipinski definition) is 3. The molecule has 0 spiro atoms. The zero-order valence-electron chi connectivity index (χ0n) is 15.0. The lowest BCUT2D eigenvalue weighted by Crippen LogP contribution is -2.49. The van der Waals surface area contributed by atoms with Gasteiger partial charge >= 0.3 is 0 Å². The van der Waals surface area contributed by atoms with E-state index in [2.05, 4.69) is 32.7 Å². The van der Waals surface area contributed by atoms with E-state index in [4.69, 9.17) is 11.6 Å². The van der Waals surface area contributed by atoms with Crippen LogP contribution in [-0.4, -0.2) is 41.3 Å². The molecule has 1 saturated heterocycles. The summed E-state index contributed by atoms with van der Waals surface area (Å²) in [6.07, 6.45) is 3.49. The molecular formula is C21H21BrClFN2O. The van der Waals surface area contributed by atoms with E-state index in [0.717, 1.165) is 31.7 Å². The molecule has 1 aliphatic heterocycles. The first-order valence-electron chi connectivity index (χ1n) is 8.82. The molecule has 27 heavy (non-hydrogen) atoms. The van der Waals surface area contributed by atoms with Crippen molar-refractivity contribution in [2.45, 2.75) is 19.5 Å². The fraction of sp³-hybridized carbons (Fsp3) is 0.286. The summed E-state index contributed by atoms with van der Waals surface area (Å²) in [6, 6.07) is 12.1.